The molecule has 0 saturated carbocycles. The molecule has 3 nitrogen and oxygen atoms in total. The summed E-state index contributed by atoms with van der Waals surface area (Å²) in [4.78, 5) is 11.7. The molecule has 1 saturated heterocycles. The molecule has 1 aliphatic rings. The van der Waals surface area contributed by atoms with Crippen LogP contribution < -0.4 is 5.32 Å². The van der Waals surface area contributed by atoms with E-state index in [0.29, 0.717) is 6.42 Å². The zero-order valence-corrected chi connectivity index (χ0v) is 20.2. The van der Waals surface area contributed by atoms with E-state index in [-0.39, 0.29) is 23.1 Å². The van der Waals surface area contributed by atoms with Crippen LogP contribution in [0.25, 0.3) is 0 Å². The van der Waals surface area contributed by atoms with Gasteiger partial charge in [-0.15, -0.1) is 0 Å². The first-order valence-corrected chi connectivity index (χ1v) is 14.6. The van der Waals surface area contributed by atoms with Crippen molar-refractivity contribution in [2.75, 3.05) is 0 Å². The summed E-state index contributed by atoms with van der Waals surface area (Å²) in [5.74, 6) is 0.201. The van der Waals surface area contributed by atoms with Gasteiger partial charge in [-0.1, -0.05) is 91.9 Å². The minimum atomic E-state index is -1.81. The second-order valence-electron chi connectivity index (χ2n) is 10.1. The molecule has 1 fully saturated rings. The maximum absolute atomic E-state index is 11.7. The highest BCUT2D eigenvalue weighted by Gasteiger charge is 2.41. The third kappa shape index (κ3) is 9.60. The van der Waals surface area contributed by atoms with E-state index in [9.17, 15) is 4.79 Å². The molecule has 1 rings (SSSR count). The molecule has 0 aromatic rings. The lowest BCUT2D eigenvalue weighted by Crippen LogP contribution is -2.49. The molecule has 0 aromatic heterocycles. The number of carbonyl (C=O) groups is 1. The maximum atomic E-state index is 11.7. The monoisotopic (exact) mass is 397 g/mol. The van der Waals surface area contributed by atoms with Crippen LogP contribution in [0.5, 0.6) is 0 Å². The van der Waals surface area contributed by atoms with Crippen LogP contribution in [0.4, 0.5) is 0 Å². The van der Waals surface area contributed by atoms with Gasteiger partial charge < -0.3 is 9.74 Å². The van der Waals surface area contributed by atoms with Gasteiger partial charge >= 0.3 is 0 Å². The number of nitrogens with one attached hydrogen (secondary N) is 1. The molecule has 1 N–H and O–H groups in total. The standard InChI is InChI=1S/C23H47NO2Si/c1-7-8-9-10-11-12-13-14-15-16-17-21(20-18-19-22(25)24-20)26-27(5,6)23(2,3)4/h20-21H,7-19H2,1-6H3,(H,24,25)/t20-,21-/m0/s1. The summed E-state index contributed by atoms with van der Waals surface area (Å²) in [5, 5.41) is 3.39. The predicted molar refractivity (Wildman–Crippen MR) is 120 cm³/mol. The van der Waals surface area contributed by atoms with Gasteiger partial charge in [-0.2, -0.15) is 0 Å². The van der Waals surface area contributed by atoms with Crippen LogP contribution in [0.1, 0.15) is 111 Å². The second-order valence-corrected chi connectivity index (χ2v) is 14.9. The highest BCUT2D eigenvalue weighted by Crippen LogP contribution is 2.38. The first-order valence-electron chi connectivity index (χ1n) is 11.6. The van der Waals surface area contributed by atoms with Crippen molar-refractivity contribution in [2.45, 2.75) is 141 Å². The summed E-state index contributed by atoms with van der Waals surface area (Å²) in [6, 6.07) is 0.227. The Hall–Kier alpha value is -0.353. The lowest BCUT2D eigenvalue weighted by molar-refractivity contribution is -0.119. The zero-order valence-electron chi connectivity index (χ0n) is 19.2. The van der Waals surface area contributed by atoms with Crippen molar-refractivity contribution in [3.8, 4) is 0 Å². The topological polar surface area (TPSA) is 38.3 Å². The van der Waals surface area contributed by atoms with Gasteiger partial charge in [-0.05, 0) is 31.0 Å². The van der Waals surface area contributed by atoms with E-state index in [0.717, 1.165) is 12.8 Å². The van der Waals surface area contributed by atoms with Gasteiger partial charge in [0.2, 0.25) is 5.91 Å². The van der Waals surface area contributed by atoms with Crippen LogP contribution in [0.15, 0.2) is 0 Å². The highest BCUT2D eigenvalue weighted by atomic mass is 28.4. The molecule has 2 atom stereocenters. The average molecular weight is 398 g/mol. The third-order valence-corrected chi connectivity index (χ3v) is 11.1. The third-order valence-electron chi connectivity index (χ3n) is 6.57. The van der Waals surface area contributed by atoms with E-state index < -0.39 is 8.32 Å². The molecule has 0 aromatic carbocycles. The van der Waals surface area contributed by atoms with E-state index in [4.69, 9.17) is 4.43 Å². The minimum absolute atomic E-state index is 0.200. The molecule has 27 heavy (non-hydrogen) atoms. The minimum Gasteiger partial charge on any atom is -0.412 e. The van der Waals surface area contributed by atoms with E-state index in [1.807, 2.05) is 0 Å². The van der Waals surface area contributed by atoms with Crippen LogP contribution in [0.3, 0.4) is 0 Å². The van der Waals surface area contributed by atoms with Gasteiger partial charge in [0, 0.05) is 6.42 Å². The number of unbranched alkanes of at least 4 members (excludes halogenated alkanes) is 9. The lowest BCUT2D eigenvalue weighted by atomic mass is 10.0. The molecular weight excluding hydrogens is 350 g/mol. The van der Waals surface area contributed by atoms with Crippen LogP contribution in [-0.2, 0) is 9.22 Å². The van der Waals surface area contributed by atoms with Crippen molar-refractivity contribution in [1.29, 1.82) is 0 Å². The summed E-state index contributed by atoms with van der Waals surface area (Å²) in [7, 11) is -1.81. The summed E-state index contributed by atoms with van der Waals surface area (Å²) in [6.07, 6.45) is 16.5. The smallest absolute Gasteiger partial charge is 0.220 e. The van der Waals surface area contributed by atoms with E-state index >= 15 is 0 Å². The second kappa shape index (κ2) is 12.3. The van der Waals surface area contributed by atoms with Crippen molar-refractivity contribution >= 4 is 14.2 Å². The summed E-state index contributed by atoms with van der Waals surface area (Å²) < 4.78 is 6.74. The normalized spacial score (nSPS) is 19.3. The van der Waals surface area contributed by atoms with Crippen LogP contribution in [-0.4, -0.2) is 26.4 Å². The fourth-order valence-electron chi connectivity index (χ4n) is 3.65. The molecule has 1 amide bonds. The Morgan fingerprint density at radius 2 is 1.52 bits per heavy atom. The Balaban J connectivity index is 2.32. The van der Waals surface area contributed by atoms with Crippen LogP contribution >= 0.6 is 0 Å². The zero-order chi connectivity index (χ0) is 20.3. The molecule has 1 heterocycles. The molecule has 0 spiro atoms. The predicted octanol–water partition coefficient (Wildman–Crippen LogP) is 6.97. The largest absolute Gasteiger partial charge is 0.412 e. The Morgan fingerprint density at radius 3 is 1.96 bits per heavy atom. The van der Waals surface area contributed by atoms with Gasteiger partial charge in [-0.3, -0.25) is 4.79 Å². The molecule has 0 aliphatic carbocycles. The van der Waals surface area contributed by atoms with E-state index in [1.165, 1.54) is 64.2 Å². The fraction of sp³-hybridized carbons (Fsp3) is 0.957. The number of hydrogen-bond donors (Lipinski definition) is 1. The van der Waals surface area contributed by atoms with Gasteiger partial charge in [-0.25, -0.2) is 0 Å². The number of carbonyl (C=O) groups excluding carboxylic acids is 1. The molecule has 160 valence electrons. The molecule has 0 bridgehead atoms. The number of rotatable bonds is 14. The van der Waals surface area contributed by atoms with Crippen molar-refractivity contribution in [3.63, 3.8) is 0 Å². The molecule has 1 aliphatic heterocycles. The summed E-state index contributed by atoms with van der Waals surface area (Å²) >= 11 is 0. The Bertz CT molecular complexity index is 417. The number of amides is 1. The first-order chi connectivity index (χ1) is 12.7. The highest BCUT2D eigenvalue weighted by molar-refractivity contribution is 6.74. The van der Waals surface area contributed by atoms with Crippen molar-refractivity contribution in [3.05, 3.63) is 0 Å². The van der Waals surface area contributed by atoms with Gasteiger partial charge in [0.15, 0.2) is 8.32 Å². The first kappa shape index (κ1) is 24.7. The average Bonchev–Trinajstić information content (AvgIpc) is 3.00. The molecular formula is C23H47NO2Si. The van der Waals surface area contributed by atoms with Gasteiger partial charge in [0.1, 0.15) is 0 Å². The van der Waals surface area contributed by atoms with Crippen LogP contribution in [0, 0.1) is 0 Å². The quantitative estimate of drug-likeness (QED) is 0.254. The van der Waals surface area contributed by atoms with Gasteiger partial charge in [0.05, 0.1) is 12.1 Å². The SMILES string of the molecule is CCCCCCCCCCCC[C@H](O[Si](C)(C)C(C)(C)C)[C@@H]1CCC(=O)N1. The Labute approximate surface area is 170 Å². The fourth-order valence-corrected chi connectivity index (χ4v) is 5.04. The Morgan fingerprint density at radius 1 is 1.00 bits per heavy atom. The van der Waals surface area contributed by atoms with Crippen LogP contribution in [0.2, 0.25) is 18.1 Å². The van der Waals surface area contributed by atoms with Gasteiger partial charge in [0.25, 0.3) is 0 Å². The molecule has 0 unspecified atom stereocenters. The lowest BCUT2D eigenvalue weighted by Gasteiger charge is -2.41. The van der Waals surface area contributed by atoms with E-state index in [1.54, 1.807) is 0 Å². The maximum Gasteiger partial charge on any atom is 0.220 e. The molecule has 4 heteroatoms. The Kier molecular flexibility index (Phi) is 11.2. The van der Waals surface area contributed by atoms with Crippen molar-refractivity contribution < 1.29 is 9.22 Å². The summed E-state index contributed by atoms with van der Waals surface area (Å²) in [5.41, 5.74) is 0. The van der Waals surface area contributed by atoms with Crippen molar-refractivity contribution in [1.82, 2.24) is 5.32 Å². The summed E-state index contributed by atoms with van der Waals surface area (Å²) in [6.45, 7) is 13.8. The van der Waals surface area contributed by atoms with E-state index in [2.05, 4.69) is 46.1 Å². The number of hydrogen-bond acceptors (Lipinski definition) is 2. The van der Waals surface area contributed by atoms with Crippen molar-refractivity contribution in [2.24, 2.45) is 0 Å². The molecule has 0 radical (unpaired) electrons.